The summed E-state index contributed by atoms with van der Waals surface area (Å²) in [5, 5.41) is 14.1. The molecule has 2 atom stereocenters. The lowest BCUT2D eigenvalue weighted by molar-refractivity contribution is -0.127. The molecule has 2 N–H and O–H groups in total. The lowest BCUT2D eigenvalue weighted by Crippen LogP contribution is -2.39. The smallest absolute Gasteiger partial charge is 0.251 e. The normalized spacial score (nSPS) is 18.0. The minimum Gasteiger partial charge on any atom is -0.351 e. The number of thioether (sulfide) groups is 1. The minimum atomic E-state index is -3.55. The molecule has 3 rings (SSSR count). The number of amides is 2. The second-order valence-electron chi connectivity index (χ2n) is 8.12. The Balaban J connectivity index is 1.52. The van der Waals surface area contributed by atoms with Crippen LogP contribution in [0.15, 0.2) is 58.6 Å². The van der Waals surface area contributed by atoms with E-state index in [0.29, 0.717) is 30.7 Å². The SMILES string of the molecule is N#CCNC(=O)[C@H]1CCCC[C@@H]1CS(=O)(=O)c1ccc(SCCNC(=O)c2ccncc2)cc1. The second-order valence-corrected chi connectivity index (χ2v) is 11.3. The number of nitrogens with zero attached hydrogens (tertiary/aromatic N) is 2. The lowest BCUT2D eigenvalue weighted by Gasteiger charge is -2.30. The van der Waals surface area contributed by atoms with Crippen LogP contribution in [0.1, 0.15) is 36.0 Å². The van der Waals surface area contributed by atoms with E-state index in [1.807, 2.05) is 6.07 Å². The van der Waals surface area contributed by atoms with Crippen LogP contribution in [0.3, 0.4) is 0 Å². The van der Waals surface area contributed by atoms with Crippen molar-refractivity contribution < 1.29 is 18.0 Å². The van der Waals surface area contributed by atoms with E-state index in [9.17, 15) is 18.0 Å². The van der Waals surface area contributed by atoms with Crippen molar-refractivity contribution in [3.05, 3.63) is 54.4 Å². The number of sulfone groups is 1. The van der Waals surface area contributed by atoms with Crippen molar-refractivity contribution >= 4 is 33.4 Å². The third-order valence-electron chi connectivity index (χ3n) is 5.80. The number of nitrogens with one attached hydrogen (secondary N) is 2. The van der Waals surface area contributed by atoms with Gasteiger partial charge in [-0.05, 0) is 55.2 Å². The minimum absolute atomic E-state index is 0.0681. The van der Waals surface area contributed by atoms with E-state index < -0.39 is 9.84 Å². The van der Waals surface area contributed by atoms with Gasteiger partial charge >= 0.3 is 0 Å². The van der Waals surface area contributed by atoms with Crippen LogP contribution in [0.25, 0.3) is 0 Å². The highest BCUT2D eigenvalue weighted by molar-refractivity contribution is 7.99. The molecular formula is C24H28N4O4S2. The van der Waals surface area contributed by atoms with Crippen LogP contribution in [-0.4, -0.2) is 49.8 Å². The number of hydrogen-bond donors (Lipinski definition) is 2. The number of carbonyl (C=O) groups excluding carboxylic acids is 2. The van der Waals surface area contributed by atoms with Gasteiger partial charge in [-0.25, -0.2) is 8.42 Å². The lowest BCUT2D eigenvalue weighted by atomic mass is 9.80. The third kappa shape index (κ3) is 7.30. The molecule has 0 unspecified atom stereocenters. The number of benzene rings is 1. The fraction of sp³-hybridized carbons (Fsp3) is 0.417. The van der Waals surface area contributed by atoms with Crippen molar-refractivity contribution in [1.29, 1.82) is 5.26 Å². The van der Waals surface area contributed by atoms with Crippen LogP contribution < -0.4 is 10.6 Å². The van der Waals surface area contributed by atoms with Crippen molar-refractivity contribution in [2.24, 2.45) is 11.8 Å². The molecule has 1 heterocycles. The van der Waals surface area contributed by atoms with E-state index in [-0.39, 0.29) is 40.8 Å². The maximum Gasteiger partial charge on any atom is 0.251 e. The number of nitriles is 1. The van der Waals surface area contributed by atoms with Gasteiger partial charge in [-0.1, -0.05) is 12.8 Å². The van der Waals surface area contributed by atoms with Gasteiger partial charge in [-0.15, -0.1) is 11.8 Å². The van der Waals surface area contributed by atoms with Gasteiger partial charge in [0.1, 0.15) is 6.54 Å². The molecule has 0 aliphatic heterocycles. The summed E-state index contributed by atoms with van der Waals surface area (Å²) in [6, 6.07) is 11.9. The number of pyridine rings is 1. The highest BCUT2D eigenvalue weighted by Crippen LogP contribution is 2.33. The van der Waals surface area contributed by atoms with Gasteiger partial charge < -0.3 is 10.6 Å². The van der Waals surface area contributed by atoms with Gasteiger partial charge in [0.25, 0.3) is 5.91 Å². The first kappa shape index (κ1) is 25.7. The van der Waals surface area contributed by atoms with E-state index in [0.717, 1.165) is 17.7 Å². The van der Waals surface area contributed by atoms with Crippen LogP contribution in [0.4, 0.5) is 0 Å². The molecule has 0 bridgehead atoms. The Labute approximate surface area is 204 Å². The van der Waals surface area contributed by atoms with E-state index in [2.05, 4.69) is 15.6 Å². The summed E-state index contributed by atoms with van der Waals surface area (Å²) in [4.78, 5) is 29.5. The van der Waals surface area contributed by atoms with Crippen molar-refractivity contribution in [3.63, 3.8) is 0 Å². The Kier molecular flexibility index (Phi) is 9.48. The van der Waals surface area contributed by atoms with Gasteiger partial charge in [0.2, 0.25) is 5.91 Å². The molecule has 1 aromatic heterocycles. The molecule has 180 valence electrons. The molecule has 2 amide bonds. The number of hydrogen-bond acceptors (Lipinski definition) is 7. The number of rotatable bonds is 10. The van der Waals surface area contributed by atoms with E-state index in [1.165, 1.54) is 11.8 Å². The average Bonchev–Trinajstić information content (AvgIpc) is 2.86. The van der Waals surface area contributed by atoms with E-state index in [4.69, 9.17) is 5.26 Å². The monoisotopic (exact) mass is 500 g/mol. The highest BCUT2D eigenvalue weighted by Gasteiger charge is 2.34. The van der Waals surface area contributed by atoms with Gasteiger partial charge in [-0.3, -0.25) is 14.6 Å². The quantitative estimate of drug-likeness (QED) is 0.291. The standard InChI is InChI=1S/C24H28N4O4S2/c25-11-14-27-24(30)22-4-2-1-3-19(22)17-34(31,32)21-7-5-20(6-8-21)33-16-15-28-23(29)18-9-12-26-13-10-18/h5-10,12-13,19,22H,1-4,14-17H2,(H,27,30)(H,28,29)/t19-,22+/m1/s1. The zero-order valence-corrected chi connectivity index (χ0v) is 20.4. The molecule has 1 aromatic carbocycles. The predicted molar refractivity (Wildman–Crippen MR) is 130 cm³/mol. The summed E-state index contributed by atoms with van der Waals surface area (Å²) in [6.45, 7) is 0.407. The topological polar surface area (TPSA) is 129 Å². The zero-order valence-electron chi connectivity index (χ0n) is 18.8. The zero-order chi connectivity index (χ0) is 24.4. The van der Waals surface area contributed by atoms with Gasteiger partial charge in [-0.2, -0.15) is 5.26 Å². The molecule has 1 saturated carbocycles. The summed E-state index contributed by atoms with van der Waals surface area (Å²) in [7, 11) is -3.55. The first-order valence-electron chi connectivity index (χ1n) is 11.2. The van der Waals surface area contributed by atoms with E-state index >= 15 is 0 Å². The molecule has 0 saturated heterocycles. The molecule has 10 heteroatoms. The Morgan fingerprint density at radius 1 is 1.06 bits per heavy atom. The summed E-state index contributed by atoms with van der Waals surface area (Å²) in [6.07, 6.45) is 6.24. The van der Waals surface area contributed by atoms with Gasteiger partial charge in [0.15, 0.2) is 9.84 Å². The molecule has 0 radical (unpaired) electrons. The summed E-state index contributed by atoms with van der Waals surface area (Å²) in [5.74, 6) is -0.462. The van der Waals surface area contributed by atoms with Gasteiger partial charge in [0.05, 0.1) is 16.7 Å². The van der Waals surface area contributed by atoms with Crippen molar-refractivity contribution in [2.45, 2.75) is 35.5 Å². The van der Waals surface area contributed by atoms with Crippen molar-refractivity contribution in [2.75, 3.05) is 24.6 Å². The first-order chi connectivity index (χ1) is 16.4. The second kappa shape index (κ2) is 12.5. The Morgan fingerprint density at radius 2 is 1.76 bits per heavy atom. The van der Waals surface area contributed by atoms with Crippen molar-refractivity contribution in [3.8, 4) is 6.07 Å². The summed E-state index contributed by atoms with van der Waals surface area (Å²) in [5.41, 5.74) is 0.553. The first-order valence-corrected chi connectivity index (χ1v) is 13.8. The molecular weight excluding hydrogens is 472 g/mol. The maximum absolute atomic E-state index is 13.0. The molecule has 0 spiro atoms. The molecule has 2 aromatic rings. The van der Waals surface area contributed by atoms with Gasteiger partial charge in [0, 0.05) is 41.1 Å². The largest absolute Gasteiger partial charge is 0.351 e. The third-order valence-corrected chi connectivity index (χ3v) is 8.67. The molecule has 34 heavy (non-hydrogen) atoms. The maximum atomic E-state index is 13.0. The predicted octanol–water partition coefficient (Wildman–Crippen LogP) is 2.82. The highest BCUT2D eigenvalue weighted by atomic mass is 32.2. The average molecular weight is 501 g/mol. The fourth-order valence-corrected chi connectivity index (χ4v) is 6.54. The van der Waals surface area contributed by atoms with Crippen LogP contribution in [0.5, 0.6) is 0 Å². The molecule has 8 nitrogen and oxygen atoms in total. The number of carbonyl (C=O) groups is 2. The summed E-state index contributed by atoms with van der Waals surface area (Å²) < 4.78 is 26.0. The fourth-order valence-electron chi connectivity index (χ4n) is 4.07. The van der Waals surface area contributed by atoms with Crippen LogP contribution in [-0.2, 0) is 14.6 Å². The van der Waals surface area contributed by atoms with Crippen molar-refractivity contribution in [1.82, 2.24) is 15.6 Å². The Bertz CT molecular complexity index is 1120. The molecule has 1 aliphatic rings. The summed E-state index contributed by atoms with van der Waals surface area (Å²) >= 11 is 1.52. The Hall–Kier alpha value is -2.90. The molecule has 1 aliphatic carbocycles. The molecule has 1 fully saturated rings. The van der Waals surface area contributed by atoms with Crippen LogP contribution in [0, 0.1) is 23.2 Å². The van der Waals surface area contributed by atoms with Crippen LogP contribution in [0.2, 0.25) is 0 Å². The number of aromatic nitrogens is 1. The van der Waals surface area contributed by atoms with Crippen LogP contribution >= 0.6 is 11.8 Å². The van der Waals surface area contributed by atoms with E-state index in [1.54, 1.807) is 48.8 Å². The Morgan fingerprint density at radius 3 is 2.47 bits per heavy atom.